The number of pyridine rings is 1. The third-order valence-electron chi connectivity index (χ3n) is 6.89. The summed E-state index contributed by atoms with van der Waals surface area (Å²) < 4.78 is 29.8. The van der Waals surface area contributed by atoms with Crippen LogP contribution in [0.15, 0.2) is 65.8 Å². The molecule has 3 N–H and O–H groups in total. The van der Waals surface area contributed by atoms with Crippen LogP contribution in [0.4, 0.5) is 5.69 Å². The molecule has 2 aromatic heterocycles. The van der Waals surface area contributed by atoms with Gasteiger partial charge in [-0.25, -0.2) is 13.1 Å². The molecule has 0 bridgehead atoms. The Balaban J connectivity index is 1.41. The summed E-state index contributed by atoms with van der Waals surface area (Å²) in [5, 5.41) is 24.0. The summed E-state index contributed by atoms with van der Waals surface area (Å²) >= 11 is 0. The Kier molecular flexibility index (Phi) is 6.87. The number of hydrogen-bond acceptors (Lipinski definition) is 7. The van der Waals surface area contributed by atoms with E-state index in [1.807, 2.05) is 32.0 Å². The van der Waals surface area contributed by atoms with Crippen LogP contribution in [0.1, 0.15) is 40.5 Å². The number of aryl methyl sites for hydroxylation is 3. The fourth-order valence-corrected chi connectivity index (χ4v) is 5.88. The van der Waals surface area contributed by atoms with E-state index in [0.29, 0.717) is 17.0 Å². The quantitative estimate of drug-likeness (QED) is 0.335. The molecule has 1 aliphatic rings. The highest BCUT2D eigenvalue weighted by Gasteiger charge is 2.31. The lowest BCUT2D eigenvalue weighted by atomic mass is 9.92. The van der Waals surface area contributed by atoms with Gasteiger partial charge in [-0.15, -0.1) is 0 Å². The zero-order valence-corrected chi connectivity index (χ0v) is 22.6. The highest BCUT2D eigenvalue weighted by Crippen LogP contribution is 2.37. The Labute approximate surface area is 226 Å². The van der Waals surface area contributed by atoms with Crippen LogP contribution in [-0.4, -0.2) is 45.3 Å². The molecule has 4 aromatic rings. The van der Waals surface area contributed by atoms with E-state index in [2.05, 4.69) is 14.8 Å². The topological polar surface area (TPSA) is 138 Å². The van der Waals surface area contributed by atoms with Crippen molar-refractivity contribution in [3.05, 3.63) is 83.3 Å². The number of benzene rings is 2. The summed E-state index contributed by atoms with van der Waals surface area (Å²) in [4.78, 5) is 19.6. The first kappa shape index (κ1) is 26.4. The van der Waals surface area contributed by atoms with E-state index in [4.69, 9.17) is 0 Å². The molecule has 0 radical (unpaired) electrons. The maximum atomic E-state index is 13.4. The van der Waals surface area contributed by atoms with Crippen LogP contribution in [0.2, 0.25) is 0 Å². The minimum atomic E-state index is -3.78. The van der Waals surface area contributed by atoms with Crippen molar-refractivity contribution in [2.24, 2.45) is 7.05 Å². The number of anilines is 1. The van der Waals surface area contributed by atoms with Gasteiger partial charge in [0.25, 0.3) is 5.91 Å². The van der Waals surface area contributed by atoms with E-state index >= 15 is 0 Å². The number of aromatic nitrogens is 3. The lowest BCUT2D eigenvalue weighted by molar-refractivity contribution is 0.0972. The Morgan fingerprint density at radius 3 is 2.62 bits per heavy atom. The van der Waals surface area contributed by atoms with E-state index in [1.54, 1.807) is 35.0 Å². The molecule has 0 fully saturated rings. The second kappa shape index (κ2) is 10.2. The minimum Gasteiger partial charge on any atom is -0.508 e. The normalized spacial score (nSPS) is 15.3. The van der Waals surface area contributed by atoms with Gasteiger partial charge in [-0.05, 0) is 74.2 Å². The molecular formula is C28H29N5O5S. The molecule has 2 aromatic carbocycles. The molecule has 0 unspecified atom stereocenters. The van der Waals surface area contributed by atoms with Gasteiger partial charge in [-0.2, -0.15) is 5.10 Å². The molecule has 0 spiro atoms. The zero-order chi connectivity index (χ0) is 27.9. The Hall–Kier alpha value is -4.22. The van der Waals surface area contributed by atoms with E-state index < -0.39 is 10.0 Å². The summed E-state index contributed by atoms with van der Waals surface area (Å²) in [5.41, 5.74) is 4.57. The Bertz CT molecular complexity index is 1680. The molecule has 39 heavy (non-hydrogen) atoms. The van der Waals surface area contributed by atoms with Crippen molar-refractivity contribution in [3.8, 4) is 22.8 Å². The van der Waals surface area contributed by atoms with E-state index in [9.17, 15) is 23.4 Å². The number of rotatable bonds is 6. The molecule has 11 heteroatoms. The zero-order valence-electron chi connectivity index (χ0n) is 21.8. The standard InChI is InChI=1S/C28H29N5O5S/c1-17-12-23(39(37,38)30-15-21-10-11-32(3)31-21)16-29-27(17)20-6-9-25-19(13-20)5-4-18(2)33(25)28(36)24-8-7-22(34)14-26(24)35/h6-14,16,18,30,34-35H,4-5,15H2,1-3H3/t18-/m0/s1. The Morgan fingerprint density at radius 1 is 1.13 bits per heavy atom. The SMILES string of the molecule is Cc1cc(S(=O)(=O)NCc2ccn(C)n2)cnc1-c1ccc2c(c1)CC[C@H](C)N2C(=O)c1ccc(O)cc1O. The van der Waals surface area contributed by atoms with Crippen molar-refractivity contribution >= 4 is 21.6 Å². The van der Waals surface area contributed by atoms with Gasteiger partial charge in [-0.1, -0.05) is 6.07 Å². The maximum Gasteiger partial charge on any atom is 0.262 e. The lowest BCUT2D eigenvalue weighted by Crippen LogP contribution is -2.42. The van der Waals surface area contributed by atoms with Crippen LogP contribution in [-0.2, 0) is 30.0 Å². The predicted octanol–water partition coefficient (Wildman–Crippen LogP) is 3.66. The van der Waals surface area contributed by atoms with E-state index in [0.717, 1.165) is 35.7 Å². The number of carbonyl (C=O) groups excluding carboxylic acids is 1. The second-order valence-electron chi connectivity index (χ2n) is 9.75. The van der Waals surface area contributed by atoms with Crippen LogP contribution in [0.3, 0.4) is 0 Å². The first-order valence-corrected chi connectivity index (χ1v) is 14.0. The van der Waals surface area contributed by atoms with Crippen LogP contribution >= 0.6 is 0 Å². The van der Waals surface area contributed by atoms with Crippen molar-refractivity contribution in [1.82, 2.24) is 19.5 Å². The van der Waals surface area contributed by atoms with Crippen LogP contribution < -0.4 is 9.62 Å². The number of hydrogen-bond donors (Lipinski definition) is 3. The summed E-state index contributed by atoms with van der Waals surface area (Å²) in [7, 11) is -2.02. The number of carbonyl (C=O) groups is 1. The third-order valence-corrected chi connectivity index (χ3v) is 8.26. The highest BCUT2D eigenvalue weighted by molar-refractivity contribution is 7.89. The summed E-state index contributed by atoms with van der Waals surface area (Å²) in [6, 6.07) is 12.9. The molecule has 5 rings (SSSR count). The van der Waals surface area contributed by atoms with Crippen LogP contribution in [0.25, 0.3) is 11.3 Å². The van der Waals surface area contributed by atoms with E-state index in [1.165, 1.54) is 18.3 Å². The number of phenolic OH excluding ortho intramolecular Hbond substituents is 2. The van der Waals surface area contributed by atoms with Gasteiger partial charge in [0.15, 0.2) is 0 Å². The van der Waals surface area contributed by atoms with Crippen LogP contribution in [0, 0.1) is 6.92 Å². The van der Waals surface area contributed by atoms with Gasteiger partial charge in [0.2, 0.25) is 10.0 Å². The molecule has 0 saturated heterocycles. The smallest absolute Gasteiger partial charge is 0.262 e. The summed E-state index contributed by atoms with van der Waals surface area (Å²) in [6.07, 6.45) is 4.56. The number of sulfonamides is 1. The van der Waals surface area contributed by atoms with Gasteiger partial charge in [0.05, 0.1) is 23.5 Å². The average molecular weight is 548 g/mol. The number of phenols is 2. The second-order valence-corrected chi connectivity index (χ2v) is 11.5. The van der Waals surface area contributed by atoms with E-state index in [-0.39, 0.29) is 40.5 Å². The number of fused-ring (bicyclic) bond motifs is 1. The number of amides is 1. The first-order valence-electron chi connectivity index (χ1n) is 12.5. The predicted molar refractivity (Wildman–Crippen MR) is 146 cm³/mol. The molecule has 1 aliphatic heterocycles. The molecular weight excluding hydrogens is 518 g/mol. The molecule has 202 valence electrons. The highest BCUT2D eigenvalue weighted by atomic mass is 32.2. The van der Waals surface area contributed by atoms with Crippen molar-refractivity contribution in [1.29, 1.82) is 0 Å². The van der Waals surface area contributed by atoms with Crippen molar-refractivity contribution in [3.63, 3.8) is 0 Å². The average Bonchev–Trinajstić information content (AvgIpc) is 3.32. The molecule has 10 nitrogen and oxygen atoms in total. The van der Waals surface area contributed by atoms with Crippen molar-refractivity contribution < 1.29 is 23.4 Å². The lowest BCUT2D eigenvalue weighted by Gasteiger charge is -2.35. The maximum absolute atomic E-state index is 13.4. The van der Waals surface area contributed by atoms with Gasteiger partial charge in [0, 0.05) is 42.8 Å². The van der Waals surface area contributed by atoms with Gasteiger partial charge in [0.1, 0.15) is 16.4 Å². The Morgan fingerprint density at radius 2 is 1.92 bits per heavy atom. The fraction of sp³-hybridized carbons (Fsp3) is 0.250. The van der Waals surface area contributed by atoms with Gasteiger partial charge in [-0.3, -0.25) is 14.5 Å². The molecule has 1 amide bonds. The number of nitrogens with zero attached hydrogens (tertiary/aromatic N) is 4. The largest absolute Gasteiger partial charge is 0.508 e. The molecule has 1 atom stereocenters. The van der Waals surface area contributed by atoms with Crippen LogP contribution in [0.5, 0.6) is 11.5 Å². The van der Waals surface area contributed by atoms with Crippen molar-refractivity contribution in [2.75, 3.05) is 4.90 Å². The molecule has 0 aliphatic carbocycles. The molecule has 3 heterocycles. The monoisotopic (exact) mass is 547 g/mol. The fourth-order valence-electron chi connectivity index (χ4n) is 4.85. The van der Waals surface area contributed by atoms with Crippen molar-refractivity contribution in [2.45, 2.75) is 44.2 Å². The minimum absolute atomic E-state index is 0.0666. The third kappa shape index (κ3) is 5.23. The van der Waals surface area contributed by atoms with Gasteiger partial charge < -0.3 is 15.1 Å². The number of nitrogens with one attached hydrogen (secondary N) is 1. The summed E-state index contributed by atoms with van der Waals surface area (Å²) in [5.74, 6) is -0.748. The first-order chi connectivity index (χ1) is 18.5. The summed E-state index contributed by atoms with van der Waals surface area (Å²) in [6.45, 7) is 3.84. The van der Waals surface area contributed by atoms with Gasteiger partial charge >= 0.3 is 0 Å². The number of aromatic hydroxyl groups is 2. The molecule has 0 saturated carbocycles.